The highest BCUT2D eigenvalue weighted by Crippen LogP contribution is 2.51. The molecule has 3 nitrogen and oxygen atoms in total. The second-order valence-corrected chi connectivity index (χ2v) is 7.08. The number of piperidine rings is 1. The summed E-state index contributed by atoms with van der Waals surface area (Å²) in [6.45, 7) is 7.72. The van der Waals surface area contributed by atoms with Crippen LogP contribution in [0.2, 0.25) is 0 Å². The van der Waals surface area contributed by atoms with Crippen LogP contribution >= 0.6 is 0 Å². The minimum absolute atomic E-state index is 0.318. The molecule has 3 aliphatic rings. The molecule has 0 spiro atoms. The van der Waals surface area contributed by atoms with Crippen molar-refractivity contribution in [3.63, 3.8) is 0 Å². The quantitative estimate of drug-likeness (QED) is 0.836. The predicted octanol–water partition coefficient (Wildman–Crippen LogP) is 2.14. The monoisotopic (exact) mass is 252 g/mol. The molecule has 2 bridgehead atoms. The lowest BCUT2D eigenvalue weighted by Crippen LogP contribution is -2.66. The Morgan fingerprint density at radius 1 is 1.17 bits per heavy atom. The van der Waals surface area contributed by atoms with Crippen LogP contribution in [0.15, 0.2) is 0 Å². The molecule has 104 valence electrons. The van der Waals surface area contributed by atoms with Crippen molar-refractivity contribution in [3.05, 3.63) is 0 Å². The highest BCUT2D eigenvalue weighted by atomic mass is 16.5. The van der Waals surface area contributed by atoms with Crippen molar-refractivity contribution in [2.24, 2.45) is 11.1 Å². The van der Waals surface area contributed by atoms with Crippen LogP contribution in [0.25, 0.3) is 0 Å². The molecule has 1 aliphatic carbocycles. The topological polar surface area (TPSA) is 38.5 Å². The molecule has 0 aromatic heterocycles. The summed E-state index contributed by atoms with van der Waals surface area (Å²) in [5, 5.41) is 0. The van der Waals surface area contributed by atoms with E-state index in [4.69, 9.17) is 10.5 Å². The van der Waals surface area contributed by atoms with E-state index < -0.39 is 0 Å². The van der Waals surface area contributed by atoms with Crippen molar-refractivity contribution in [2.45, 2.75) is 83.1 Å². The molecular weight excluding hydrogens is 224 g/mol. The van der Waals surface area contributed by atoms with E-state index in [2.05, 4.69) is 25.7 Å². The van der Waals surface area contributed by atoms with Gasteiger partial charge in [0.1, 0.15) is 0 Å². The minimum Gasteiger partial charge on any atom is -0.378 e. The van der Waals surface area contributed by atoms with Gasteiger partial charge in [-0.1, -0.05) is 13.8 Å². The molecule has 2 heterocycles. The van der Waals surface area contributed by atoms with Gasteiger partial charge in [0.25, 0.3) is 0 Å². The zero-order chi connectivity index (χ0) is 12.9. The maximum atomic E-state index is 6.17. The number of nitrogens with two attached hydrogens (primary N) is 1. The summed E-state index contributed by atoms with van der Waals surface area (Å²) in [4.78, 5) is 2.82. The molecule has 3 heteroatoms. The maximum absolute atomic E-state index is 6.17. The standard InChI is InChI=1S/C15H28N2O/c1-4-18-14-9-13(15(14,2)3)17-11-5-6-12(17)8-10(16)7-11/h10-14H,4-9,16H2,1-3H3. The second-order valence-electron chi connectivity index (χ2n) is 7.08. The van der Waals surface area contributed by atoms with Crippen LogP contribution in [0.1, 0.15) is 52.9 Å². The lowest BCUT2D eigenvalue weighted by Gasteiger charge is -2.59. The fourth-order valence-electron chi connectivity index (χ4n) is 4.62. The van der Waals surface area contributed by atoms with Crippen molar-refractivity contribution in [1.29, 1.82) is 0 Å². The number of fused-ring (bicyclic) bond motifs is 2. The zero-order valence-electron chi connectivity index (χ0n) is 12.1. The van der Waals surface area contributed by atoms with Gasteiger partial charge in [-0.05, 0) is 39.0 Å². The maximum Gasteiger partial charge on any atom is 0.0655 e. The van der Waals surface area contributed by atoms with E-state index in [1.54, 1.807) is 0 Å². The van der Waals surface area contributed by atoms with Gasteiger partial charge in [-0.2, -0.15) is 0 Å². The Bertz CT molecular complexity index is 304. The van der Waals surface area contributed by atoms with Gasteiger partial charge in [0.15, 0.2) is 0 Å². The molecule has 0 aromatic rings. The summed E-state index contributed by atoms with van der Waals surface area (Å²) >= 11 is 0. The highest BCUT2D eigenvalue weighted by Gasteiger charge is 2.56. The molecule has 0 aromatic carbocycles. The second kappa shape index (κ2) is 4.46. The van der Waals surface area contributed by atoms with Crippen LogP contribution in [0.5, 0.6) is 0 Å². The first-order valence-corrected chi connectivity index (χ1v) is 7.68. The van der Waals surface area contributed by atoms with Crippen molar-refractivity contribution in [3.8, 4) is 0 Å². The molecule has 18 heavy (non-hydrogen) atoms. The molecule has 0 radical (unpaired) electrons. The number of hydrogen-bond donors (Lipinski definition) is 1. The predicted molar refractivity (Wildman–Crippen MR) is 73.5 cm³/mol. The summed E-state index contributed by atoms with van der Waals surface area (Å²) in [6, 6.07) is 2.68. The first kappa shape index (κ1) is 12.9. The highest BCUT2D eigenvalue weighted by molar-refractivity contribution is 5.10. The molecule has 4 unspecified atom stereocenters. The molecule has 2 aliphatic heterocycles. The smallest absolute Gasteiger partial charge is 0.0655 e. The van der Waals surface area contributed by atoms with Crippen molar-refractivity contribution in [1.82, 2.24) is 4.90 Å². The van der Waals surface area contributed by atoms with Gasteiger partial charge in [0, 0.05) is 36.2 Å². The first-order chi connectivity index (χ1) is 8.54. The van der Waals surface area contributed by atoms with Gasteiger partial charge in [-0.3, -0.25) is 4.90 Å². The first-order valence-electron chi connectivity index (χ1n) is 7.68. The van der Waals surface area contributed by atoms with Crippen LogP contribution in [0.4, 0.5) is 0 Å². The molecule has 3 fully saturated rings. The average molecular weight is 252 g/mol. The van der Waals surface area contributed by atoms with Crippen LogP contribution < -0.4 is 5.73 Å². The molecule has 3 rings (SSSR count). The fraction of sp³-hybridized carbons (Fsp3) is 1.00. The Kier molecular flexibility index (Phi) is 3.20. The normalized spacial score (nSPS) is 47.0. The summed E-state index contributed by atoms with van der Waals surface area (Å²) < 4.78 is 5.87. The number of rotatable bonds is 3. The van der Waals surface area contributed by atoms with Gasteiger partial charge < -0.3 is 10.5 Å². The molecule has 1 saturated carbocycles. The van der Waals surface area contributed by atoms with E-state index in [1.165, 1.54) is 32.1 Å². The summed E-state index contributed by atoms with van der Waals surface area (Å²) in [5.74, 6) is 0. The Labute approximate surface area is 111 Å². The van der Waals surface area contributed by atoms with Crippen LogP contribution in [-0.4, -0.2) is 41.8 Å². The van der Waals surface area contributed by atoms with Gasteiger partial charge in [-0.25, -0.2) is 0 Å². The van der Waals surface area contributed by atoms with Gasteiger partial charge in [-0.15, -0.1) is 0 Å². The lowest BCUT2D eigenvalue weighted by atomic mass is 9.63. The van der Waals surface area contributed by atoms with Crippen LogP contribution in [-0.2, 0) is 4.74 Å². The zero-order valence-corrected chi connectivity index (χ0v) is 12.1. The van der Waals surface area contributed by atoms with Gasteiger partial charge in [0.2, 0.25) is 0 Å². The third-order valence-corrected chi connectivity index (χ3v) is 5.68. The molecule has 2 saturated heterocycles. The summed E-state index contributed by atoms with van der Waals surface area (Å²) in [6.07, 6.45) is 6.84. The third kappa shape index (κ3) is 1.83. The Hall–Kier alpha value is -0.120. The fourth-order valence-corrected chi connectivity index (χ4v) is 4.62. The minimum atomic E-state index is 0.318. The van der Waals surface area contributed by atoms with Crippen LogP contribution in [0, 0.1) is 5.41 Å². The van der Waals surface area contributed by atoms with E-state index in [1.807, 2.05) is 0 Å². The molecule has 0 amide bonds. The van der Waals surface area contributed by atoms with Gasteiger partial charge in [0.05, 0.1) is 6.10 Å². The van der Waals surface area contributed by atoms with E-state index in [0.29, 0.717) is 17.6 Å². The Balaban J connectivity index is 1.70. The Morgan fingerprint density at radius 2 is 1.78 bits per heavy atom. The third-order valence-electron chi connectivity index (χ3n) is 5.68. The summed E-state index contributed by atoms with van der Waals surface area (Å²) in [7, 11) is 0. The largest absolute Gasteiger partial charge is 0.378 e. The molecule has 4 atom stereocenters. The van der Waals surface area contributed by atoms with Crippen molar-refractivity contribution in [2.75, 3.05) is 6.61 Å². The lowest BCUT2D eigenvalue weighted by molar-refractivity contribution is -0.165. The van der Waals surface area contributed by atoms with Crippen molar-refractivity contribution < 1.29 is 4.74 Å². The van der Waals surface area contributed by atoms with E-state index in [9.17, 15) is 0 Å². The Morgan fingerprint density at radius 3 is 2.28 bits per heavy atom. The number of nitrogens with zero attached hydrogens (tertiary/aromatic N) is 1. The van der Waals surface area contributed by atoms with E-state index in [0.717, 1.165) is 24.7 Å². The van der Waals surface area contributed by atoms with Crippen LogP contribution in [0.3, 0.4) is 0 Å². The van der Waals surface area contributed by atoms with Gasteiger partial charge >= 0.3 is 0 Å². The van der Waals surface area contributed by atoms with E-state index in [-0.39, 0.29) is 0 Å². The SMILES string of the molecule is CCOC1CC(N2C3CCC2CC(N)C3)C1(C)C. The number of ether oxygens (including phenoxy) is 1. The molecular formula is C15H28N2O. The summed E-state index contributed by atoms with van der Waals surface area (Å²) in [5.41, 5.74) is 6.49. The number of hydrogen-bond acceptors (Lipinski definition) is 3. The molecule has 2 N–H and O–H groups in total. The van der Waals surface area contributed by atoms with Crippen molar-refractivity contribution >= 4 is 0 Å². The van der Waals surface area contributed by atoms with E-state index >= 15 is 0 Å². The average Bonchev–Trinajstić information content (AvgIpc) is 2.56.